The number of carbonyl (C=O) groups excluding carboxylic acids is 1. The van der Waals surface area contributed by atoms with Gasteiger partial charge in [-0.25, -0.2) is 4.79 Å². The van der Waals surface area contributed by atoms with Crippen LogP contribution in [0.3, 0.4) is 0 Å². The molecule has 0 fully saturated rings. The lowest BCUT2D eigenvalue weighted by molar-refractivity contribution is -0.384. The van der Waals surface area contributed by atoms with E-state index < -0.39 is 16.8 Å². The largest absolute Gasteiger partial charge is 0.463 e. The van der Waals surface area contributed by atoms with Gasteiger partial charge in [-0.2, -0.15) is 0 Å². The zero-order valence-corrected chi connectivity index (χ0v) is 21.1. The Morgan fingerprint density at radius 2 is 1.89 bits per heavy atom. The summed E-state index contributed by atoms with van der Waals surface area (Å²) in [6.07, 6.45) is 0. The van der Waals surface area contributed by atoms with E-state index in [4.69, 9.17) is 22.1 Å². The first-order valence-electron chi connectivity index (χ1n) is 11.3. The van der Waals surface area contributed by atoms with Crippen LogP contribution in [0.15, 0.2) is 89.0 Å². The van der Waals surface area contributed by atoms with Gasteiger partial charge in [-0.05, 0) is 42.8 Å². The smallest absolute Gasteiger partial charge is 0.338 e. The predicted molar refractivity (Wildman–Crippen MR) is 144 cm³/mol. The van der Waals surface area contributed by atoms with Crippen molar-refractivity contribution in [3.63, 3.8) is 0 Å². The van der Waals surface area contributed by atoms with E-state index in [1.54, 1.807) is 36.1 Å². The highest BCUT2D eigenvalue weighted by atomic mass is 35.5. The molecule has 186 valence electrons. The second-order valence-electron chi connectivity index (χ2n) is 8.27. The molecule has 10 heteroatoms. The van der Waals surface area contributed by atoms with Gasteiger partial charge in [-0.15, -0.1) is 11.3 Å². The summed E-state index contributed by atoms with van der Waals surface area (Å²) in [5.41, 5.74) is 7.54. The summed E-state index contributed by atoms with van der Waals surface area (Å²) in [5, 5.41) is 13.0. The second kappa shape index (κ2) is 9.68. The summed E-state index contributed by atoms with van der Waals surface area (Å²) in [7, 11) is 0. The molecule has 0 spiro atoms. The summed E-state index contributed by atoms with van der Waals surface area (Å²) in [6, 6.07) is 19.9. The number of nitrogens with zero attached hydrogens (tertiary/aromatic N) is 2. The fourth-order valence-electron chi connectivity index (χ4n) is 4.53. The topological polar surface area (TPSA) is 116 Å². The van der Waals surface area contributed by atoms with E-state index in [9.17, 15) is 19.7 Å². The Bertz CT molecular complexity index is 1650. The van der Waals surface area contributed by atoms with Crippen LogP contribution < -0.4 is 16.1 Å². The summed E-state index contributed by atoms with van der Waals surface area (Å²) in [6.45, 7) is 1.75. The number of non-ortho nitro benzene ring substituents is 1. The molecule has 1 aromatic heterocycles. The lowest BCUT2D eigenvalue weighted by Crippen LogP contribution is -2.37. The SMILES string of the molecule is CCOC(=O)C1=C(N)N(c2ccccc2)c2sc3cc(Cl)ccc3c(=O)c2[C@@H]1c1cccc([N+](=O)[O-])c1. The maximum absolute atomic E-state index is 14.1. The molecule has 0 saturated carbocycles. The van der Waals surface area contributed by atoms with Gasteiger partial charge in [0.05, 0.1) is 23.0 Å². The van der Waals surface area contributed by atoms with Crippen molar-refractivity contribution in [2.45, 2.75) is 12.8 Å². The average molecular weight is 534 g/mol. The third-order valence-electron chi connectivity index (χ3n) is 6.09. The highest BCUT2D eigenvalue weighted by Gasteiger charge is 2.41. The molecule has 0 amide bonds. The van der Waals surface area contributed by atoms with Gasteiger partial charge >= 0.3 is 5.97 Å². The maximum Gasteiger partial charge on any atom is 0.338 e. The van der Waals surface area contributed by atoms with Crippen molar-refractivity contribution in [2.75, 3.05) is 11.5 Å². The van der Waals surface area contributed by atoms with Gasteiger partial charge in [0.2, 0.25) is 0 Å². The Balaban J connectivity index is 1.92. The summed E-state index contributed by atoms with van der Waals surface area (Å²) >= 11 is 7.54. The highest BCUT2D eigenvalue weighted by molar-refractivity contribution is 7.22. The molecule has 0 aliphatic carbocycles. The predicted octanol–water partition coefficient (Wildman–Crippen LogP) is 5.84. The fourth-order valence-corrected chi connectivity index (χ4v) is 6.05. The highest BCUT2D eigenvalue weighted by Crippen LogP contribution is 2.49. The van der Waals surface area contributed by atoms with Gasteiger partial charge in [0.15, 0.2) is 5.43 Å². The van der Waals surface area contributed by atoms with Gasteiger partial charge < -0.3 is 10.5 Å². The van der Waals surface area contributed by atoms with Crippen molar-refractivity contribution in [2.24, 2.45) is 5.73 Å². The zero-order valence-electron chi connectivity index (χ0n) is 19.5. The van der Waals surface area contributed by atoms with Crippen LogP contribution in [0.4, 0.5) is 16.4 Å². The molecule has 2 N–H and O–H groups in total. The first-order valence-corrected chi connectivity index (χ1v) is 12.5. The molecule has 0 unspecified atom stereocenters. The number of benzene rings is 3. The number of ether oxygens (including phenoxy) is 1. The second-order valence-corrected chi connectivity index (χ2v) is 9.73. The summed E-state index contributed by atoms with van der Waals surface area (Å²) in [5.74, 6) is -1.62. The van der Waals surface area contributed by atoms with E-state index in [0.29, 0.717) is 31.4 Å². The number of anilines is 2. The van der Waals surface area contributed by atoms with Gasteiger partial charge in [-0.3, -0.25) is 19.8 Å². The molecule has 5 rings (SSSR count). The molecule has 8 nitrogen and oxygen atoms in total. The lowest BCUT2D eigenvalue weighted by atomic mass is 9.82. The minimum atomic E-state index is -0.988. The number of fused-ring (bicyclic) bond motifs is 2. The zero-order chi connectivity index (χ0) is 26.3. The lowest BCUT2D eigenvalue weighted by Gasteiger charge is -2.36. The van der Waals surface area contributed by atoms with Crippen LogP contribution in [0, 0.1) is 10.1 Å². The first kappa shape index (κ1) is 24.5. The van der Waals surface area contributed by atoms with E-state index in [1.807, 2.05) is 30.3 Å². The van der Waals surface area contributed by atoms with Crippen LogP contribution in [0.1, 0.15) is 24.0 Å². The van der Waals surface area contributed by atoms with Crippen LogP contribution in [0.2, 0.25) is 5.02 Å². The Kier molecular flexibility index (Phi) is 6.41. The molecular weight excluding hydrogens is 514 g/mol. The van der Waals surface area contributed by atoms with Gasteiger partial charge in [0.1, 0.15) is 10.8 Å². The normalized spacial score (nSPS) is 15.0. The van der Waals surface area contributed by atoms with Crippen molar-refractivity contribution < 1.29 is 14.5 Å². The Morgan fingerprint density at radius 1 is 1.14 bits per heavy atom. The fraction of sp³-hybridized carbons (Fsp3) is 0.111. The minimum Gasteiger partial charge on any atom is -0.463 e. The van der Waals surface area contributed by atoms with Gasteiger partial charge in [0.25, 0.3) is 5.69 Å². The van der Waals surface area contributed by atoms with Crippen molar-refractivity contribution in [3.05, 3.63) is 121 Å². The number of nitro benzene ring substituents is 1. The van der Waals surface area contributed by atoms with E-state index in [0.717, 1.165) is 0 Å². The Labute approximate surface area is 220 Å². The Morgan fingerprint density at radius 3 is 2.59 bits per heavy atom. The Hall–Kier alpha value is -4.21. The number of halogens is 1. The van der Waals surface area contributed by atoms with Crippen molar-refractivity contribution in [1.82, 2.24) is 0 Å². The number of carbonyl (C=O) groups is 1. The average Bonchev–Trinajstić information content (AvgIpc) is 2.88. The molecule has 37 heavy (non-hydrogen) atoms. The van der Waals surface area contributed by atoms with Crippen LogP contribution in [-0.2, 0) is 9.53 Å². The quantitative estimate of drug-likeness (QED) is 0.194. The number of nitrogens with two attached hydrogens (primary N) is 1. The number of esters is 1. The maximum atomic E-state index is 14.1. The molecule has 0 bridgehead atoms. The van der Waals surface area contributed by atoms with E-state index in [2.05, 4.69) is 0 Å². The minimum absolute atomic E-state index is 0.0383. The van der Waals surface area contributed by atoms with Crippen LogP contribution in [0.25, 0.3) is 10.1 Å². The number of hydrogen-bond acceptors (Lipinski definition) is 8. The van der Waals surface area contributed by atoms with Crippen LogP contribution in [-0.4, -0.2) is 17.5 Å². The molecule has 1 aliphatic rings. The van der Waals surface area contributed by atoms with E-state index in [-0.39, 0.29) is 34.7 Å². The van der Waals surface area contributed by atoms with Crippen molar-refractivity contribution in [3.8, 4) is 0 Å². The molecule has 0 radical (unpaired) electrons. The van der Waals surface area contributed by atoms with E-state index >= 15 is 0 Å². The van der Waals surface area contributed by atoms with Gasteiger partial charge in [0, 0.05) is 38.5 Å². The number of nitro groups is 1. The molecule has 2 heterocycles. The number of rotatable bonds is 5. The molecule has 0 saturated heterocycles. The van der Waals surface area contributed by atoms with Gasteiger partial charge in [-0.1, -0.05) is 41.9 Å². The third kappa shape index (κ3) is 4.22. The van der Waals surface area contributed by atoms with E-state index in [1.165, 1.54) is 29.5 Å². The third-order valence-corrected chi connectivity index (χ3v) is 7.48. The standard InChI is InChI=1S/C27H20ClN3O5S/c1-2-36-27(33)23-21(15-7-6-10-18(13-15)31(34)35)22-24(32)19-12-11-16(28)14-20(19)37-26(22)30(25(23)29)17-8-4-3-5-9-17/h3-14,21H,2,29H2,1H3/t21-/m0/s1. The number of para-hydroxylation sites is 1. The molecule has 4 aromatic rings. The van der Waals surface area contributed by atoms with Crippen LogP contribution >= 0.6 is 22.9 Å². The molecule has 3 aromatic carbocycles. The molecular formula is C27H20ClN3O5S. The summed E-state index contributed by atoms with van der Waals surface area (Å²) in [4.78, 5) is 40.2. The first-order chi connectivity index (χ1) is 17.8. The monoisotopic (exact) mass is 533 g/mol. The van der Waals surface area contributed by atoms with Crippen LogP contribution in [0.5, 0.6) is 0 Å². The molecule has 1 atom stereocenters. The molecule has 1 aliphatic heterocycles. The number of hydrogen-bond donors (Lipinski definition) is 1. The van der Waals surface area contributed by atoms with Crippen molar-refractivity contribution >= 4 is 55.4 Å². The van der Waals surface area contributed by atoms with Crippen molar-refractivity contribution in [1.29, 1.82) is 0 Å². The summed E-state index contributed by atoms with van der Waals surface area (Å²) < 4.78 is 6.01.